The van der Waals surface area contributed by atoms with Crippen molar-refractivity contribution in [1.82, 2.24) is 20.1 Å². The highest BCUT2D eigenvalue weighted by Gasteiger charge is 2.27. The van der Waals surface area contributed by atoms with E-state index in [0.717, 1.165) is 13.1 Å². The number of rotatable bonds is 5. The lowest BCUT2D eigenvalue weighted by Crippen LogP contribution is -2.47. The molecule has 0 bridgehead atoms. The van der Waals surface area contributed by atoms with E-state index in [1.54, 1.807) is 35.0 Å². The Hall–Kier alpha value is -3.60. The van der Waals surface area contributed by atoms with Gasteiger partial charge >= 0.3 is 0 Å². The largest absolute Gasteiger partial charge is 0.453 e. The minimum atomic E-state index is -0.441. The molecule has 0 unspecified atom stereocenters. The van der Waals surface area contributed by atoms with Crippen molar-refractivity contribution >= 4 is 40.0 Å². The number of benzene rings is 2. The van der Waals surface area contributed by atoms with Crippen molar-refractivity contribution < 1.29 is 19.1 Å². The minimum Gasteiger partial charge on any atom is -0.453 e. The predicted molar refractivity (Wildman–Crippen MR) is 139 cm³/mol. The minimum absolute atomic E-state index is 0.0294. The Balaban J connectivity index is 1.42. The zero-order chi connectivity index (χ0) is 25.5. The molecule has 0 spiro atoms. The Morgan fingerprint density at radius 2 is 1.92 bits per heavy atom. The molecule has 0 aliphatic carbocycles. The van der Waals surface area contributed by atoms with Gasteiger partial charge in [-0.15, -0.1) is 0 Å². The number of anilines is 1. The highest BCUT2D eigenvalue weighted by Crippen LogP contribution is 2.42. The monoisotopic (exact) mass is 523 g/mol. The third kappa shape index (κ3) is 4.52. The van der Waals surface area contributed by atoms with E-state index in [0.29, 0.717) is 78.2 Å². The summed E-state index contributed by atoms with van der Waals surface area (Å²) in [5.41, 5.74) is 1.51. The van der Waals surface area contributed by atoms with Gasteiger partial charge in [0.15, 0.2) is 11.5 Å². The van der Waals surface area contributed by atoms with Crippen LogP contribution in [0, 0.1) is 0 Å². The molecule has 0 saturated carbocycles. The van der Waals surface area contributed by atoms with Crippen molar-refractivity contribution in [2.75, 3.05) is 63.9 Å². The first-order valence-corrected chi connectivity index (χ1v) is 12.7. The van der Waals surface area contributed by atoms with Gasteiger partial charge in [0.1, 0.15) is 11.1 Å². The summed E-state index contributed by atoms with van der Waals surface area (Å²) in [6.07, 6.45) is 1.56. The number of nitrogens with one attached hydrogen (secondary N) is 2. The lowest BCUT2D eigenvalue weighted by Gasteiger charge is -2.30. The van der Waals surface area contributed by atoms with Gasteiger partial charge < -0.3 is 29.6 Å². The van der Waals surface area contributed by atoms with Crippen molar-refractivity contribution in [3.05, 3.63) is 57.3 Å². The normalized spacial score (nSPS) is 17.2. The molecule has 3 aliphatic heterocycles. The maximum atomic E-state index is 13.7. The van der Waals surface area contributed by atoms with E-state index >= 15 is 0 Å². The van der Waals surface area contributed by atoms with Crippen LogP contribution in [0.15, 0.2) is 41.3 Å². The number of halogens is 1. The topological polar surface area (TPSA) is 105 Å². The van der Waals surface area contributed by atoms with Crippen LogP contribution in [0.2, 0.25) is 5.02 Å². The molecule has 1 aromatic heterocycles. The molecule has 0 radical (unpaired) electrons. The molecule has 3 aromatic rings. The number of amides is 2. The van der Waals surface area contributed by atoms with Gasteiger partial charge in [0, 0.05) is 62.2 Å². The Labute approximate surface area is 217 Å². The second-order valence-electron chi connectivity index (χ2n) is 9.28. The van der Waals surface area contributed by atoms with Crippen molar-refractivity contribution in [2.45, 2.75) is 0 Å². The van der Waals surface area contributed by atoms with E-state index in [1.165, 1.54) is 0 Å². The third-order valence-corrected chi connectivity index (χ3v) is 7.15. The molecular formula is C26H26ClN5O5. The van der Waals surface area contributed by atoms with Gasteiger partial charge in [-0.25, -0.2) is 0 Å². The second-order valence-corrected chi connectivity index (χ2v) is 9.71. The molecule has 11 heteroatoms. The molecule has 3 aliphatic rings. The maximum absolute atomic E-state index is 13.7. The Morgan fingerprint density at radius 3 is 2.73 bits per heavy atom. The Morgan fingerprint density at radius 1 is 1.08 bits per heavy atom. The van der Waals surface area contributed by atoms with Gasteiger partial charge in [-0.1, -0.05) is 11.6 Å². The molecule has 4 heterocycles. The average Bonchev–Trinajstić information content (AvgIpc) is 2.90. The van der Waals surface area contributed by atoms with Gasteiger partial charge in [-0.2, -0.15) is 0 Å². The standard InChI is InChI=1S/C26H26ClN5O5/c27-16-1-2-21-20(11-16)32-14-19(26(35)29-3-5-30-7-9-36-10-8-30)25(34)18-12-17(13-22(37-21)24(18)32)31-6-4-28-23(33)15-31/h1-2,11-14H,3-10,15H2,(H,28,33)(H,29,35). The van der Waals surface area contributed by atoms with Gasteiger partial charge in [0.2, 0.25) is 11.3 Å². The molecule has 6 rings (SSSR count). The van der Waals surface area contributed by atoms with Crippen molar-refractivity contribution in [3.8, 4) is 17.2 Å². The number of ether oxygens (including phenoxy) is 2. The van der Waals surface area contributed by atoms with Crippen LogP contribution in [-0.4, -0.2) is 80.3 Å². The number of aromatic nitrogens is 1. The molecule has 0 atom stereocenters. The molecule has 2 N–H and O–H groups in total. The zero-order valence-corrected chi connectivity index (χ0v) is 20.8. The fourth-order valence-corrected chi connectivity index (χ4v) is 5.18. The molecule has 192 valence electrons. The molecule has 10 nitrogen and oxygen atoms in total. The van der Waals surface area contributed by atoms with Crippen LogP contribution in [0.1, 0.15) is 10.4 Å². The number of hydrogen-bond donors (Lipinski definition) is 2. The van der Waals surface area contributed by atoms with Crippen molar-refractivity contribution in [2.24, 2.45) is 0 Å². The summed E-state index contributed by atoms with van der Waals surface area (Å²) >= 11 is 6.29. The van der Waals surface area contributed by atoms with Crippen LogP contribution < -0.4 is 25.7 Å². The van der Waals surface area contributed by atoms with Crippen LogP contribution in [-0.2, 0) is 9.53 Å². The van der Waals surface area contributed by atoms with Crippen LogP contribution in [0.5, 0.6) is 11.5 Å². The molecule has 2 aromatic carbocycles. The first-order chi connectivity index (χ1) is 18.0. The molecular weight excluding hydrogens is 498 g/mol. The highest BCUT2D eigenvalue weighted by molar-refractivity contribution is 6.30. The zero-order valence-electron chi connectivity index (χ0n) is 20.1. The number of nitrogens with zero attached hydrogens (tertiary/aromatic N) is 3. The summed E-state index contributed by atoms with van der Waals surface area (Å²) in [6, 6.07) is 8.79. The molecule has 2 saturated heterocycles. The van der Waals surface area contributed by atoms with Crippen LogP contribution in [0.25, 0.3) is 16.6 Å². The quantitative estimate of drug-likeness (QED) is 0.410. The number of carbonyl (C=O) groups is 2. The average molecular weight is 524 g/mol. The van der Waals surface area contributed by atoms with Crippen LogP contribution in [0.4, 0.5) is 5.69 Å². The smallest absolute Gasteiger partial charge is 0.256 e. The number of pyridine rings is 1. The number of hydrogen-bond acceptors (Lipinski definition) is 7. The lowest BCUT2D eigenvalue weighted by atomic mass is 10.1. The first kappa shape index (κ1) is 23.8. The third-order valence-electron chi connectivity index (χ3n) is 6.91. The Kier molecular flexibility index (Phi) is 6.23. The second kappa shape index (κ2) is 9.70. The number of fused-ring (bicyclic) bond motifs is 2. The molecule has 37 heavy (non-hydrogen) atoms. The van der Waals surface area contributed by atoms with Gasteiger partial charge in [0.05, 0.1) is 30.8 Å². The highest BCUT2D eigenvalue weighted by atomic mass is 35.5. The summed E-state index contributed by atoms with van der Waals surface area (Å²) in [5, 5.41) is 6.55. The van der Waals surface area contributed by atoms with E-state index in [2.05, 4.69) is 15.5 Å². The van der Waals surface area contributed by atoms with E-state index in [-0.39, 0.29) is 18.0 Å². The van der Waals surface area contributed by atoms with Gasteiger partial charge in [0.25, 0.3) is 5.91 Å². The van der Waals surface area contributed by atoms with E-state index in [9.17, 15) is 14.4 Å². The summed E-state index contributed by atoms with van der Waals surface area (Å²) in [4.78, 5) is 43.1. The van der Waals surface area contributed by atoms with Crippen molar-refractivity contribution in [3.63, 3.8) is 0 Å². The van der Waals surface area contributed by atoms with E-state index in [1.807, 2.05) is 11.0 Å². The van der Waals surface area contributed by atoms with Gasteiger partial charge in [-0.3, -0.25) is 19.3 Å². The lowest BCUT2D eigenvalue weighted by molar-refractivity contribution is -0.120. The number of carbonyl (C=O) groups excluding carboxylic acids is 2. The summed E-state index contributed by atoms with van der Waals surface area (Å²) in [6.45, 7) is 5.35. The Bertz CT molecular complexity index is 1470. The predicted octanol–water partition coefficient (Wildman–Crippen LogP) is 1.75. The molecule has 2 amide bonds. The van der Waals surface area contributed by atoms with E-state index in [4.69, 9.17) is 21.1 Å². The SMILES string of the molecule is O=C1CN(c2cc3c4c(c2)c(=O)c(C(=O)NCCN2CCOCC2)cn4-c2cc(Cl)ccc2O3)CCN1. The fourth-order valence-electron chi connectivity index (χ4n) is 5.01. The van der Waals surface area contributed by atoms with Crippen LogP contribution >= 0.6 is 11.6 Å². The maximum Gasteiger partial charge on any atom is 0.256 e. The number of piperazine rings is 1. The fraction of sp³-hybridized carbons (Fsp3) is 0.346. The number of morpholine rings is 1. The first-order valence-electron chi connectivity index (χ1n) is 12.3. The van der Waals surface area contributed by atoms with Gasteiger partial charge in [-0.05, 0) is 24.3 Å². The van der Waals surface area contributed by atoms with Crippen molar-refractivity contribution in [1.29, 1.82) is 0 Å². The summed E-state index contributed by atoms with van der Waals surface area (Å²) in [7, 11) is 0. The summed E-state index contributed by atoms with van der Waals surface area (Å²) in [5.74, 6) is 0.494. The summed E-state index contributed by atoms with van der Waals surface area (Å²) < 4.78 is 13.4. The van der Waals surface area contributed by atoms with Crippen LogP contribution in [0.3, 0.4) is 0 Å². The molecule has 2 fully saturated rings. The van der Waals surface area contributed by atoms with E-state index < -0.39 is 11.3 Å².